The van der Waals surface area contributed by atoms with Gasteiger partial charge in [-0.3, -0.25) is 16.4 Å². The third-order valence-electron chi connectivity index (χ3n) is 13.2. The third-order valence-corrected chi connectivity index (χ3v) is 16.0. The standard InChI is InChI=1S/2C19H24O4.C18H15P.CHO.CH4.2CH3.ClH.Ru.H/c2*1-3-6-13-15(20)11-16-18(13)14-9-4-7-12(19(14)23-16)8-5-10-17(21)22-2;1-4-10-16(11-5-1)19(17-12-6-2-7-13-17)18-14-8-3-9-15-18;1-2;;;;;;/h3-4,6-7,9,13,15-16,18,20H,5,8,10-11H2,1-2H3;3-4,7,9,13,15-16,18,20H,1,5-6,8,10-11H2,2H3;1-15H;1H;1H4;2*1H3;1H;;/q;;;-1;;2*-1;;+1;/b6-3+;;;;;;;;;. The van der Waals surface area contributed by atoms with Crippen molar-refractivity contribution in [3.63, 3.8) is 0 Å². The van der Waals surface area contributed by atoms with Gasteiger partial charge in [0.1, 0.15) is 39.6 Å². The first kappa shape index (κ1) is 63.2. The van der Waals surface area contributed by atoms with E-state index in [9.17, 15) is 19.8 Å². The second kappa shape index (κ2) is 33.0. The summed E-state index contributed by atoms with van der Waals surface area (Å²) in [7, 11) is 6.56. The van der Waals surface area contributed by atoms with Crippen molar-refractivity contribution in [2.24, 2.45) is 11.8 Å². The summed E-state index contributed by atoms with van der Waals surface area (Å²) < 4.78 is 21.7. The quantitative estimate of drug-likeness (QED) is 0.0279. The molecule has 2 saturated carbocycles. The van der Waals surface area contributed by atoms with Crippen LogP contribution < -0.4 is 25.4 Å². The number of para-hydroxylation sites is 2. The summed E-state index contributed by atoms with van der Waals surface area (Å²) in [6.45, 7) is 9.05. The van der Waals surface area contributed by atoms with E-state index in [1.165, 1.54) is 41.3 Å². The number of allylic oxidation sites excluding steroid dienone is 2. The molecule has 0 bridgehead atoms. The van der Waals surface area contributed by atoms with Crippen molar-refractivity contribution < 1.29 is 60.9 Å². The monoisotopic (exact) mass is 1110 g/mol. The molecule has 9 nitrogen and oxygen atoms in total. The van der Waals surface area contributed by atoms with Gasteiger partial charge in [-0.25, -0.2) is 0 Å². The van der Waals surface area contributed by atoms with Crippen molar-refractivity contribution in [2.45, 2.75) is 108 Å². The maximum Gasteiger partial charge on any atom is 0.102 e. The number of hydrogen-bond donors (Lipinski definition) is 2. The van der Waals surface area contributed by atoms with Crippen molar-refractivity contribution >= 4 is 52.3 Å². The van der Waals surface area contributed by atoms with Crippen LogP contribution in [-0.2, 0) is 54.0 Å². The van der Waals surface area contributed by atoms with Crippen molar-refractivity contribution in [2.75, 3.05) is 14.2 Å². The van der Waals surface area contributed by atoms with E-state index >= 15 is 0 Å². The number of aliphatic hydroxyl groups excluding tert-OH is 2. The molecule has 2 fully saturated rings. The van der Waals surface area contributed by atoms with Crippen molar-refractivity contribution in [3.05, 3.63) is 189 Å². The fourth-order valence-corrected chi connectivity index (χ4v) is 12.8. The van der Waals surface area contributed by atoms with Gasteiger partial charge in [-0.05, 0) is 92.5 Å². The van der Waals surface area contributed by atoms with E-state index in [0.29, 0.717) is 25.7 Å². The van der Waals surface area contributed by atoms with Gasteiger partial charge in [0.25, 0.3) is 0 Å². The molecule has 2 N–H and O–H groups in total. The number of methoxy groups -OCH3 is 2. The minimum Gasteiger partial charge on any atom is -0.0620 e. The van der Waals surface area contributed by atoms with Gasteiger partial charge < -0.3 is 48.8 Å². The number of esters is 2. The van der Waals surface area contributed by atoms with Gasteiger partial charge in [-0.2, -0.15) is 0 Å². The SMILES string of the molecule is C.C/C=C/C1C(O)CC2Oc3c(CCCC(=O)OC)cccc3C21.C=CCC1C(O)CC2Oc3c(CCCC(=O)OC)cccc3C21.[CH-]=O.[CH3-].[CH3-].[Cl][RuH].c1ccc([PH+](c2ccccc2)c2ccccc2)cc1. The molecule has 9 rings (SSSR count). The zero-order valence-electron chi connectivity index (χ0n) is 41.6. The number of carbonyl (C=O) groups excluding carboxylic acids is 3. The smallest absolute Gasteiger partial charge is 0.0620 e. The first-order chi connectivity index (χ1) is 33.8. The van der Waals surface area contributed by atoms with Crippen LogP contribution in [-0.4, -0.2) is 67.6 Å². The molecular formula is C60H76ClO9PRu-2. The number of aliphatic hydroxyl groups is 2. The second-order valence-electron chi connectivity index (χ2n) is 17.3. The summed E-state index contributed by atoms with van der Waals surface area (Å²) in [5, 5.41) is 24.8. The van der Waals surface area contributed by atoms with Crippen LogP contribution in [0.2, 0.25) is 0 Å². The predicted octanol–water partition coefficient (Wildman–Crippen LogP) is 10.8. The minimum absolute atomic E-state index is 0. The average molecular weight is 1110 g/mol. The molecule has 0 spiro atoms. The summed E-state index contributed by atoms with van der Waals surface area (Å²) in [5.74, 6) is 2.37. The number of aryl methyl sites for hydroxylation is 2. The van der Waals surface area contributed by atoms with Crippen LogP contribution in [0.25, 0.3) is 0 Å². The van der Waals surface area contributed by atoms with Gasteiger partial charge >= 0.3 is 38.9 Å². The van der Waals surface area contributed by atoms with Gasteiger partial charge in [0.05, 0.1) is 34.3 Å². The van der Waals surface area contributed by atoms with E-state index in [2.05, 4.69) is 160 Å². The molecule has 0 aromatic heterocycles. The Kier molecular flexibility index (Phi) is 28.9. The van der Waals surface area contributed by atoms with Crippen LogP contribution in [0, 0.1) is 26.7 Å². The van der Waals surface area contributed by atoms with Crippen molar-refractivity contribution in [1.82, 2.24) is 0 Å². The zero-order valence-corrected chi connectivity index (χ0v) is 45.2. The van der Waals surface area contributed by atoms with E-state index in [1.807, 2.05) is 25.1 Å². The Morgan fingerprint density at radius 3 is 1.49 bits per heavy atom. The van der Waals surface area contributed by atoms with Crippen LogP contribution in [0.4, 0.5) is 0 Å². The molecule has 12 heteroatoms. The minimum atomic E-state index is -0.877. The van der Waals surface area contributed by atoms with Crippen LogP contribution >= 0.6 is 17.6 Å². The number of benzene rings is 5. The largest absolute Gasteiger partial charge is 0.102 e. The molecule has 0 radical (unpaired) electrons. The number of rotatable bonds is 14. The first-order valence-corrected chi connectivity index (χ1v) is 27.4. The van der Waals surface area contributed by atoms with Gasteiger partial charge in [0.2, 0.25) is 0 Å². The predicted molar refractivity (Wildman–Crippen MR) is 295 cm³/mol. The molecule has 4 aliphatic rings. The van der Waals surface area contributed by atoms with Gasteiger partial charge in [-0.1, -0.05) is 117 Å². The molecule has 8 atom stereocenters. The van der Waals surface area contributed by atoms with Gasteiger partial charge in [-0.15, -0.1) is 6.58 Å². The summed E-state index contributed by atoms with van der Waals surface area (Å²) >= 11 is 1.62. The van der Waals surface area contributed by atoms with Gasteiger partial charge in [0.15, 0.2) is 0 Å². The molecule has 5 aromatic rings. The van der Waals surface area contributed by atoms with Crippen LogP contribution in [0.15, 0.2) is 152 Å². The number of halogens is 1. The van der Waals surface area contributed by atoms with Crippen LogP contribution in [0.1, 0.15) is 93.4 Å². The fraction of sp³-hybridized carbons (Fsp3) is 0.350. The Hall–Kier alpha value is -4.95. The average Bonchev–Trinajstić information content (AvgIpc) is 4.12. The van der Waals surface area contributed by atoms with E-state index in [1.54, 1.807) is 17.3 Å². The molecular weight excluding hydrogens is 1030 g/mol. The summed E-state index contributed by atoms with van der Waals surface area (Å²) in [6.07, 6.45) is 11.6. The molecule has 72 heavy (non-hydrogen) atoms. The summed E-state index contributed by atoms with van der Waals surface area (Å²) in [6, 6.07) is 45.0. The molecule has 8 unspecified atom stereocenters. The Balaban J connectivity index is 0.000000352. The topological polar surface area (TPSA) is 129 Å². The van der Waals surface area contributed by atoms with E-state index in [0.717, 1.165) is 54.7 Å². The third kappa shape index (κ3) is 16.0. The Morgan fingerprint density at radius 2 is 1.08 bits per heavy atom. The second-order valence-corrected chi connectivity index (χ2v) is 19.7. The molecule has 392 valence electrons. The number of fused-ring (bicyclic) bond motifs is 6. The van der Waals surface area contributed by atoms with Crippen LogP contribution in [0.3, 0.4) is 0 Å². The molecule has 5 aromatic carbocycles. The Bertz CT molecular complexity index is 2290. The zero-order chi connectivity index (χ0) is 49.7. The van der Waals surface area contributed by atoms with Crippen molar-refractivity contribution in [1.29, 1.82) is 0 Å². The summed E-state index contributed by atoms with van der Waals surface area (Å²) in [4.78, 5) is 30.3. The van der Waals surface area contributed by atoms with Crippen molar-refractivity contribution in [3.8, 4) is 11.5 Å². The number of ether oxygens (including phenoxy) is 4. The molecule has 2 aliphatic carbocycles. The number of carbonyl (C=O) groups is 2. The summed E-state index contributed by atoms with van der Waals surface area (Å²) in [5.41, 5.74) is 4.70. The molecule has 0 amide bonds. The normalized spacial score (nSPS) is 21.0. The molecule has 2 heterocycles. The van der Waals surface area contributed by atoms with E-state index in [4.69, 9.17) is 14.3 Å². The molecule has 2 aliphatic heterocycles. The van der Waals surface area contributed by atoms with Gasteiger partial charge in [0, 0.05) is 54.6 Å². The van der Waals surface area contributed by atoms with Crippen LogP contribution in [0.5, 0.6) is 11.5 Å². The maximum atomic E-state index is 11.3. The van der Waals surface area contributed by atoms with E-state index in [-0.39, 0.29) is 82.3 Å². The molecule has 0 saturated heterocycles. The fourth-order valence-electron chi connectivity index (χ4n) is 10.2. The Morgan fingerprint density at radius 1 is 0.681 bits per heavy atom. The first-order valence-electron chi connectivity index (χ1n) is 23.5. The maximum absolute atomic E-state index is 11.3. The Labute approximate surface area is 445 Å². The van der Waals surface area contributed by atoms with E-state index < -0.39 is 7.92 Å². The number of hydrogen-bond acceptors (Lipinski definition) is 9.